The number of Topliss-reactive ketones (excluding diaryl/α,β-unsaturated/α-hetero) is 1. The number of aliphatic hydroxyl groups is 6. The summed E-state index contributed by atoms with van der Waals surface area (Å²) in [6.07, 6.45) is -15.6. The molecule has 0 bridgehead atoms. The smallest absolute Gasteiger partial charge is 0.229 e. The molecule has 5 rings (SSSR count). The second-order valence-electron chi connectivity index (χ2n) is 10.1. The summed E-state index contributed by atoms with van der Waals surface area (Å²) >= 11 is 0. The van der Waals surface area contributed by atoms with Gasteiger partial charge in [-0.25, -0.2) is 0 Å². The van der Waals surface area contributed by atoms with E-state index in [0.29, 0.717) is 0 Å². The third kappa shape index (κ3) is 5.40. The Morgan fingerprint density at radius 3 is 2.33 bits per heavy atom. The first-order chi connectivity index (χ1) is 19.1. The molecule has 13 nitrogen and oxygen atoms in total. The molecule has 218 valence electrons. The first-order valence-electron chi connectivity index (χ1n) is 12.8. The zero-order valence-electron chi connectivity index (χ0n) is 21.4. The van der Waals surface area contributed by atoms with Crippen molar-refractivity contribution in [1.82, 2.24) is 0 Å². The topological polar surface area (TPSA) is 205 Å². The van der Waals surface area contributed by atoms with Crippen LogP contribution in [0.25, 0.3) is 0 Å². The summed E-state index contributed by atoms with van der Waals surface area (Å²) in [7, 11) is 0. The number of rotatable bonds is 6. The Balaban J connectivity index is 1.41. The van der Waals surface area contributed by atoms with E-state index in [0.717, 1.165) is 11.6 Å². The van der Waals surface area contributed by atoms with Gasteiger partial charge in [-0.3, -0.25) is 4.79 Å². The predicted octanol–water partition coefficient (Wildman–Crippen LogP) is -0.871. The highest BCUT2D eigenvalue weighted by atomic mass is 16.8. The average Bonchev–Trinajstić information content (AvgIpc) is 2.94. The summed E-state index contributed by atoms with van der Waals surface area (Å²) in [5, 5.41) is 72.1. The Kier molecular flexibility index (Phi) is 8.29. The maximum Gasteiger partial charge on any atom is 0.229 e. The summed E-state index contributed by atoms with van der Waals surface area (Å²) < 4.78 is 28.7. The van der Waals surface area contributed by atoms with Crippen LogP contribution in [0, 0.1) is 0 Å². The number of fused-ring (bicyclic) bond motifs is 1. The number of benzene rings is 2. The fourth-order valence-electron chi connectivity index (χ4n) is 5.05. The first-order valence-corrected chi connectivity index (χ1v) is 12.8. The second kappa shape index (κ2) is 11.6. The average molecular weight is 565 g/mol. The van der Waals surface area contributed by atoms with Gasteiger partial charge in [0.1, 0.15) is 65.5 Å². The molecule has 2 fully saturated rings. The molecule has 2 aromatic carbocycles. The fourth-order valence-corrected chi connectivity index (χ4v) is 5.05. The van der Waals surface area contributed by atoms with Crippen LogP contribution in [0.2, 0.25) is 0 Å². The maximum absolute atomic E-state index is 12.8. The Morgan fingerprint density at radius 1 is 0.900 bits per heavy atom. The van der Waals surface area contributed by atoms with Gasteiger partial charge in [-0.2, -0.15) is 0 Å². The van der Waals surface area contributed by atoms with Gasteiger partial charge in [-0.15, -0.1) is 0 Å². The van der Waals surface area contributed by atoms with Crippen LogP contribution in [-0.2, 0) is 14.2 Å². The number of phenols is 1. The number of aromatic hydroxyl groups is 1. The lowest BCUT2D eigenvalue weighted by atomic mass is 9.95. The van der Waals surface area contributed by atoms with E-state index in [1.54, 1.807) is 24.3 Å². The van der Waals surface area contributed by atoms with Crippen molar-refractivity contribution >= 4 is 5.78 Å². The van der Waals surface area contributed by atoms with Crippen molar-refractivity contribution in [2.24, 2.45) is 0 Å². The molecule has 0 aromatic heterocycles. The maximum atomic E-state index is 12.8. The van der Waals surface area contributed by atoms with Crippen molar-refractivity contribution in [3.63, 3.8) is 0 Å². The van der Waals surface area contributed by atoms with E-state index >= 15 is 0 Å². The van der Waals surface area contributed by atoms with Crippen molar-refractivity contribution in [2.75, 3.05) is 6.61 Å². The SMILES string of the molecule is CC1OC(OC2C(Oc3cc(O)c4c(c3)OC(c3ccccc3)CC4=O)OC(CO)C(O)C2O)C(O)C(O)C1O. The molecular formula is C27H32O13. The molecule has 13 heteroatoms. The number of hydrogen-bond acceptors (Lipinski definition) is 13. The molecule has 3 aliphatic heterocycles. The number of aliphatic hydroxyl groups excluding tert-OH is 6. The first kappa shape index (κ1) is 28.7. The van der Waals surface area contributed by atoms with Gasteiger partial charge in [0, 0.05) is 12.1 Å². The van der Waals surface area contributed by atoms with Crippen LogP contribution in [0.1, 0.15) is 35.4 Å². The van der Waals surface area contributed by atoms with Crippen LogP contribution in [0.4, 0.5) is 0 Å². The highest BCUT2D eigenvalue weighted by molar-refractivity contribution is 6.02. The Hall–Kier alpha value is -2.85. The molecule has 11 unspecified atom stereocenters. The summed E-state index contributed by atoms with van der Waals surface area (Å²) in [5.74, 6) is -0.782. The summed E-state index contributed by atoms with van der Waals surface area (Å²) in [4.78, 5) is 12.8. The number of carbonyl (C=O) groups excluding carboxylic acids is 1. The normalized spacial score (nSPS) is 37.9. The molecule has 11 atom stereocenters. The van der Waals surface area contributed by atoms with Crippen LogP contribution in [0.5, 0.6) is 17.2 Å². The Morgan fingerprint density at radius 2 is 1.62 bits per heavy atom. The minimum absolute atomic E-state index is 0.0113. The second-order valence-corrected chi connectivity index (χ2v) is 10.1. The van der Waals surface area contributed by atoms with Crippen molar-refractivity contribution in [2.45, 2.75) is 80.9 Å². The van der Waals surface area contributed by atoms with Crippen LogP contribution in [0.3, 0.4) is 0 Å². The standard InChI is InChI=1S/C27H32O13/c1-11-20(31)22(33)24(35)26(36-11)40-25-23(34)21(32)18(10-28)39-27(25)37-13-7-14(29)19-15(30)9-16(38-17(19)8-13)12-5-3-2-4-6-12/h2-8,11,16,18,20-29,31-35H,9-10H2,1H3. The lowest BCUT2D eigenvalue weighted by Crippen LogP contribution is -2.64. The molecule has 2 aromatic rings. The van der Waals surface area contributed by atoms with Gasteiger partial charge in [0.05, 0.1) is 19.1 Å². The molecule has 0 spiro atoms. The van der Waals surface area contributed by atoms with Crippen molar-refractivity contribution in [3.05, 3.63) is 53.6 Å². The number of ketones is 1. The molecule has 3 heterocycles. The van der Waals surface area contributed by atoms with Crippen LogP contribution < -0.4 is 9.47 Å². The minimum atomic E-state index is -1.73. The summed E-state index contributed by atoms with van der Waals surface area (Å²) in [6, 6.07) is 11.5. The fraction of sp³-hybridized carbons (Fsp3) is 0.519. The number of carbonyl (C=O) groups is 1. The van der Waals surface area contributed by atoms with Gasteiger partial charge in [0.25, 0.3) is 0 Å². The van der Waals surface area contributed by atoms with Gasteiger partial charge in [-0.1, -0.05) is 30.3 Å². The monoisotopic (exact) mass is 564 g/mol. The van der Waals surface area contributed by atoms with E-state index < -0.39 is 79.9 Å². The number of phenolic OH excluding ortho intramolecular Hbond substituents is 1. The zero-order chi connectivity index (χ0) is 28.7. The number of ether oxygens (including phenoxy) is 5. The molecule has 0 saturated carbocycles. The minimum Gasteiger partial charge on any atom is -0.507 e. The van der Waals surface area contributed by atoms with Gasteiger partial charge in [-0.05, 0) is 12.5 Å². The number of hydrogen-bond donors (Lipinski definition) is 7. The van der Waals surface area contributed by atoms with E-state index in [4.69, 9.17) is 23.7 Å². The quantitative estimate of drug-likeness (QED) is 0.228. The van der Waals surface area contributed by atoms with Crippen LogP contribution >= 0.6 is 0 Å². The van der Waals surface area contributed by atoms with Crippen molar-refractivity contribution in [1.29, 1.82) is 0 Å². The Bertz CT molecular complexity index is 1190. The van der Waals surface area contributed by atoms with E-state index in [1.165, 1.54) is 13.0 Å². The molecule has 3 aliphatic rings. The van der Waals surface area contributed by atoms with Gasteiger partial charge in [0.2, 0.25) is 6.29 Å². The van der Waals surface area contributed by atoms with Crippen LogP contribution in [-0.4, -0.2) is 110 Å². The van der Waals surface area contributed by atoms with Crippen LogP contribution in [0.15, 0.2) is 42.5 Å². The van der Waals surface area contributed by atoms with Crippen molar-refractivity contribution < 1.29 is 64.2 Å². The van der Waals surface area contributed by atoms with E-state index in [9.17, 15) is 40.5 Å². The molecule has 40 heavy (non-hydrogen) atoms. The largest absolute Gasteiger partial charge is 0.507 e. The molecule has 2 saturated heterocycles. The predicted molar refractivity (Wildman–Crippen MR) is 132 cm³/mol. The summed E-state index contributed by atoms with van der Waals surface area (Å²) in [5.41, 5.74) is 0.729. The molecule has 0 radical (unpaired) electrons. The lowest BCUT2D eigenvalue weighted by molar-refractivity contribution is -0.354. The third-order valence-corrected chi connectivity index (χ3v) is 7.32. The van der Waals surface area contributed by atoms with Gasteiger partial charge >= 0.3 is 0 Å². The third-order valence-electron chi connectivity index (χ3n) is 7.32. The highest BCUT2D eigenvalue weighted by Gasteiger charge is 2.51. The lowest BCUT2D eigenvalue weighted by Gasteiger charge is -2.45. The molecule has 0 aliphatic carbocycles. The van der Waals surface area contributed by atoms with Gasteiger partial charge in [0.15, 0.2) is 18.2 Å². The van der Waals surface area contributed by atoms with Gasteiger partial charge < -0.3 is 59.4 Å². The van der Waals surface area contributed by atoms with E-state index in [1.807, 2.05) is 6.07 Å². The molecular weight excluding hydrogens is 532 g/mol. The van der Waals surface area contributed by atoms with Crippen molar-refractivity contribution in [3.8, 4) is 17.2 Å². The molecule has 7 N–H and O–H groups in total. The van der Waals surface area contributed by atoms with E-state index in [-0.39, 0.29) is 29.3 Å². The highest BCUT2D eigenvalue weighted by Crippen LogP contribution is 2.42. The summed E-state index contributed by atoms with van der Waals surface area (Å²) in [6.45, 7) is 0.746. The Labute approximate surface area is 228 Å². The molecule has 0 amide bonds. The van der Waals surface area contributed by atoms with E-state index in [2.05, 4.69) is 0 Å². The zero-order valence-corrected chi connectivity index (χ0v) is 21.4.